The van der Waals surface area contributed by atoms with Gasteiger partial charge in [-0.15, -0.1) is 11.3 Å². The highest BCUT2D eigenvalue weighted by Crippen LogP contribution is 2.40. The van der Waals surface area contributed by atoms with Gasteiger partial charge in [-0.2, -0.15) is 0 Å². The van der Waals surface area contributed by atoms with Crippen LogP contribution in [0.1, 0.15) is 35.2 Å². The number of anilines is 2. The van der Waals surface area contributed by atoms with Crippen molar-refractivity contribution in [2.45, 2.75) is 39.3 Å². The van der Waals surface area contributed by atoms with E-state index in [2.05, 4.69) is 34.2 Å². The molecule has 0 unspecified atom stereocenters. The average Bonchev–Trinajstić information content (AvgIpc) is 3.26. The van der Waals surface area contributed by atoms with Gasteiger partial charge in [0.25, 0.3) is 0 Å². The van der Waals surface area contributed by atoms with Crippen LogP contribution in [0.3, 0.4) is 0 Å². The van der Waals surface area contributed by atoms with Crippen molar-refractivity contribution >= 4 is 33.2 Å². The number of thiophene rings is 1. The minimum atomic E-state index is 0.695. The third kappa shape index (κ3) is 5.14. The zero-order chi connectivity index (χ0) is 23.6. The topological polar surface area (TPSA) is 75.6 Å². The maximum atomic E-state index is 5.52. The first-order chi connectivity index (χ1) is 17.2. The molecule has 0 spiro atoms. The van der Waals surface area contributed by atoms with Crippen molar-refractivity contribution in [1.82, 2.24) is 19.9 Å². The number of fused-ring (bicyclic) bond motifs is 3. The van der Waals surface area contributed by atoms with Crippen LogP contribution in [0, 0.1) is 5.92 Å². The van der Waals surface area contributed by atoms with E-state index in [9.17, 15) is 0 Å². The van der Waals surface area contributed by atoms with Gasteiger partial charge in [0.15, 0.2) is 0 Å². The average molecular weight is 495 g/mol. The van der Waals surface area contributed by atoms with Gasteiger partial charge in [-0.1, -0.05) is 13.0 Å². The Hall–Kier alpha value is -2.33. The van der Waals surface area contributed by atoms with Gasteiger partial charge < -0.3 is 19.7 Å². The maximum Gasteiger partial charge on any atom is 0.146 e. The second-order valence-electron chi connectivity index (χ2n) is 9.89. The van der Waals surface area contributed by atoms with Crippen LogP contribution in [0.25, 0.3) is 10.2 Å². The number of rotatable bonds is 6. The maximum absolute atomic E-state index is 5.52. The second-order valence-corrected chi connectivity index (χ2v) is 11.0. The van der Waals surface area contributed by atoms with E-state index in [4.69, 9.17) is 24.4 Å². The summed E-state index contributed by atoms with van der Waals surface area (Å²) in [6, 6.07) is 4.29. The van der Waals surface area contributed by atoms with E-state index in [1.165, 1.54) is 22.2 Å². The Kier molecular flexibility index (Phi) is 6.82. The molecule has 3 aliphatic rings. The van der Waals surface area contributed by atoms with Gasteiger partial charge in [0.05, 0.1) is 38.4 Å². The van der Waals surface area contributed by atoms with E-state index >= 15 is 0 Å². The van der Waals surface area contributed by atoms with Gasteiger partial charge in [0.2, 0.25) is 0 Å². The summed E-state index contributed by atoms with van der Waals surface area (Å²) in [5, 5.41) is 4.90. The standard InChI is InChI=1S/C26H34N6O2S/c1-18-2-4-20-21(14-18)35-26-24(20)25(29-22(30-26)17-31-6-10-33-11-7-31)28-16-19-3-5-23(27-15-19)32-8-12-34-13-9-32/h3,5,15,18H,2,4,6-14,16-17H2,1H3,(H,28,29,30)/t18-/m0/s1. The number of nitrogens with one attached hydrogen (secondary N) is 1. The van der Waals surface area contributed by atoms with Gasteiger partial charge in [-0.3, -0.25) is 4.90 Å². The molecule has 0 aromatic carbocycles. The van der Waals surface area contributed by atoms with E-state index in [1.807, 2.05) is 17.5 Å². The monoisotopic (exact) mass is 494 g/mol. The second kappa shape index (κ2) is 10.3. The van der Waals surface area contributed by atoms with Crippen molar-refractivity contribution in [3.63, 3.8) is 0 Å². The predicted octanol–water partition coefficient (Wildman–Crippen LogP) is 3.49. The van der Waals surface area contributed by atoms with E-state index in [0.717, 1.165) is 106 Å². The Balaban J connectivity index is 1.25. The van der Waals surface area contributed by atoms with Crippen LogP contribution in [0.4, 0.5) is 11.6 Å². The van der Waals surface area contributed by atoms with Crippen molar-refractivity contribution in [2.24, 2.45) is 5.92 Å². The molecule has 0 bridgehead atoms. The van der Waals surface area contributed by atoms with E-state index in [-0.39, 0.29) is 0 Å². The van der Waals surface area contributed by atoms with Crippen LogP contribution in [-0.2, 0) is 35.4 Å². The summed E-state index contributed by atoms with van der Waals surface area (Å²) in [7, 11) is 0. The number of pyridine rings is 1. The smallest absolute Gasteiger partial charge is 0.146 e. The van der Waals surface area contributed by atoms with Crippen LogP contribution in [0.15, 0.2) is 18.3 Å². The molecular formula is C26H34N6O2S. The molecule has 35 heavy (non-hydrogen) atoms. The molecule has 6 rings (SSSR count). The van der Waals surface area contributed by atoms with Crippen LogP contribution in [0.5, 0.6) is 0 Å². The molecule has 9 heteroatoms. The normalized spacial score (nSPS) is 21.3. The number of morpholine rings is 2. The first-order valence-electron chi connectivity index (χ1n) is 12.9. The van der Waals surface area contributed by atoms with Crippen molar-refractivity contribution < 1.29 is 9.47 Å². The lowest BCUT2D eigenvalue weighted by molar-refractivity contribution is 0.0331. The van der Waals surface area contributed by atoms with Crippen molar-refractivity contribution in [3.8, 4) is 0 Å². The summed E-state index contributed by atoms with van der Waals surface area (Å²) in [4.78, 5) is 22.1. The number of hydrogen-bond donors (Lipinski definition) is 1. The Morgan fingerprint density at radius 2 is 1.86 bits per heavy atom. The zero-order valence-corrected chi connectivity index (χ0v) is 21.3. The molecule has 1 aliphatic carbocycles. The molecule has 2 saturated heterocycles. The van der Waals surface area contributed by atoms with Gasteiger partial charge in [0.1, 0.15) is 22.3 Å². The summed E-state index contributed by atoms with van der Waals surface area (Å²) in [6.07, 6.45) is 5.49. The molecule has 8 nitrogen and oxygen atoms in total. The van der Waals surface area contributed by atoms with Crippen LogP contribution in [-0.4, -0.2) is 72.5 Å². The first-order valence-corrected chi connectivity index (χ1v) is 13.7. The number of nitrogens with zero attached hydrogens (tertiary/aromatic N) is 5. The van der Waals surface area contributed by atoms with Gasteiger partial charge in [0, 0.05) is 43.8 Å². The molecule has 3 aromatic rings. The lowest BCUT2D eigenvalue weighted by Crippen LogP contribution is -2.36. The molecule has 1 atom stereocenters. The minimum absolute atomic E-state index is 0.695. The molecule has 5 heterocycles. The van der Waals surface area contributed by atoms with Crippen molar-refractivity contribution in [2.75, 3.05) is 62.8 Å². The molecule has 3 aromatic heterocycles. The largest absolute Gasteiger partial charge is 0.379 e. The summed E-state index contributed by atoms with van der Waals surface area (Å²) >= 11 is 1.87. The first kappa shape index (κ1) is 23.1. The molecule has 2 fully saturated rings. The fourth-order valence-corrected chi connectivity index (χ4v) is 6.63. The van der Waals surface area contributed by atoms with E-state index in [1.54, 1.807) is 0 Å². The fourth-order valence-electron chi connectivity index (χ4n) is 5.23. The molecule has 186 valence electrons. The fraction of sp³-hybridized carbons (Fsp3) is 0.577. The Morgan fingerprint density at radius 3 is 2.63 bits per heavy atom. The van der Waals surface area contributed by atoms with Crippen LogP contribution in [0.2, 0.25) is 0 Å². The lowest BCUT2D eigenvalue weighted by Gasteiger charge is -2.27. The number of aromatic nitrogens is 3. The third-order valence-corrected chi connectivity index (χ3v) is 8.42. The number of ether oxygens (including phenoxy) is 2. The third-order valence-electron chi connectivity index (χ3n) is 7.27. The SMILES string of the molecule is C[C@H]1CCc2c(sc3nc(CN4CCOCC4)nc(NCc4ccc(N5CCOCC5)nc4)c23)C1. The number of hydrogen-bond acceptors (Lipinski definition) is 9. The highest BCUT2D eigenvalue weighted by molar-refractivity contribution is 7.19. The summed E-state index contributed by atoms with van der Waals surface area (Å²) < 4.78 is 11.0. The summed E-state index contributed by atoms with van der Waals surface area (Å²) in [6.45, 7) is 10.6. The molecule has 2 aliphatic heterocycles. The van der Waals surface area contributed by atoms with E-state index < -0.39 is 0 Å². The van der Waals surface area contributed by atoms with Gasteiger partial charge in [-0.25, -0.2) is 15.0 Å². The molecule has 1 N–H and O–H groups in total. The molecular weight excluding hydrogens is 460 g/mol. The molecule has 0 saturated carbocycles. The minimum Gasteiger partial charge on any atom is -0.379 e. The number of aryl methyl sites for hydroxylation is 1. The molecule has 0 amide bonds. The van der Waals surface area contributed by atoms with Crippen molar-refractivity contribution in [1.29, 1.82) is 0 Å². The highest BCUT2D eigenvalue weighted by atomic mass is 32.1. The predicted molar refractivity (Wildman–Crippen MR) is 139 cm³/mol. The zero-order valence-electron chi connectivity index (χ0n) is 20.5. The van der Waals surface area contributed by atoms with Crippen LogP contribution < -0.4 is 10.2 Å². The van der Waals surface area contributed by atoms with Gasteiger partial charge in [-0.05, 0) is 42.4 Å². The van der Waals surface area contributed by atoms with Crippen molar-refractivity contribution in [3.05, 3.63) is 40.2 Å². The molecule has 0 radical (unpaired) electrons. The quantitative estimate of drug-likeness (QED) is 0.558. The summed E-state index contributed by atoms with van der Waals surface area (Å²) in [5.41, 5.74) is 2.62. The Labute approximate surface area is 210 Å². The van der Waals surface area contributed by atoms with Crippen LogP contribution >= 0.6 is 11.3 Å². The van der Waals surface area contributed by atoms with Gasteiger partial charge >= 0.3 is 0 Å². The lowest BCUT2D eigenvalue weighted by atomic mass is 9.89. The summed E-state index contributed by atoms with van der Waals surface area (Å²) in [5.74, 6) is 3.64. The highest BCUT2D eigenvalue weighted by Gasteiger charge is 2.24. The Bertz CT molecular complexity index is 1150. The Morgan fingerprint density at radius 1 is 1.06 bits per heavy atom. The van der Waals surface area contributed by atoms with E-state index in [0.29, 0.717) is 6.54 Å².